The van der Waals surface area contributed by atoms with Gasteiger partial charge in [-0.25, -0.2) is 4.98 Å². The van der Waals surface area contributed by atoms with Crippen molar-refractivity contribution in [3.63, 3.8) is 0 Å². The van der Waals surface area contributed by atoms with E-state index < -0.39 is 0 Å². The second kappa shape index (κ2) is 4.42. The predicted octanol–water partition coefficient (Wildman–Crippen LogP) is 1.05. The van der Waals surface area contributed by atoms with Crippen molar-refractivity contribution in [2.45, 2.75) is 0 Å². The first-order valence-electron chi connectivity index (χ1n) is 4.40. The Bertz CT molecular complexity index is 560. The van der Waals surface area contributed by atoms with Crippen LogP contribution in [0.2, 0.25) is 0 Å². The van der Waals surface area contributed by atoms with E-state index in [-0.39, 0.29) is 5.11 Å². The Balaban J connectivity index is 2.25. The molecule has 2 aromatic rings. The van der Waals surface area contributed by atoms with Crippen molar-refractivity contribution in [2.24, 2.45) is 10.8 Å². The molecule has 5 nitrogen and oxygen atoms in total. The molecule has 82 valence electrons. The average Bonchev–Trinajstić information content (AvgIpc) is 2.56. The van der Waals surface area contributed by atoms with E-state index >= 15 is 0 Å². The monoisotopic (exact) mass is 251 g/mol. The summed E-state index contributed by atoms with van der Waals surface area (Å²) in [5.41, 5.74) is 15.2. The number of fused-ring (bicyclic) bond motifs is 1. The fourth-order valence-corrected chi connectivity index (χ4v) is 2.05. The molecule has 0 bridgehead atoms. The number of nitrogens with one attached hydrogen (secondary N) is 1. The summed E-state index contributed by atoms with van der Waals surface area (Å²) in [7, 11) is 0. The lowest BCUT2D eigenvalue weighted by molar-refractivity contribution is 1.04. The summed E-state index contributed by atoms with van der Waals surface area (Å²) in [6.07, 6.45) is 1.63. The molecule has 1 aromatic heterocycles. The molecule has 0 aliphatic rings. The van der Waals surface area contributed by atoms with E-state index in [2.05, 4.69) is 27.7 Å². The van der Waals surface area contributed by atoms with Crippen molar-refractivity contribution in [2.75, 3.05) is 5.73 Å². The van der Waals surface area contributed by atoms with Crippen LogP contribution in [0.1, 0.15) is 5.56 Å². The van der Waals surface area contributed by atoms with Crippen LogP contribution in [-0.4, -0.2) is 16.3 Å². The molecule has 0 saturated heterocycles. The molecule has 0 fully saturated rings. The van der Waals surface area contributed by atoms with Crippen LogP contribution in [0.25, 0.3) is 10.2 Å². The normalized spacial score (nSPS) is 11.0. The number of anilines is 1. The lowest BCUT2D eigenvalue weighted by atomic mass is 10.2. The van der Waals surface area contributed by atoms with Gasteiger partial charge < -0.3 is 11.5 Å². The van der Waals surface area contributed by atoms with Crippen LogP contribution in [0.5, 0.6) is 0 Å². The zero-order valence-corrected chi connectivity index (χ0v) is 9.81. The van der Waals surface area contributed by atoms with Gasteiger partial charge in [0.25, 0.3) is 0 Å². The number of rotatable bonds is 2. The predicted molar refractivity (Wildman–Crippen MR) is 71.5 cm³/mol. The van der Waals surface area contributed by atoms with Gasteiger partial charge in [0.05, 0.1) is 16.4 Å². The van der Waals surface area contributed by atoms with Crippen molar-refractivity contribution >= 4 is 50.2 Å². The third-order valence-corrected chi connectivity index (χ3v) is 2.76. The number of hydrogen-bond acceptors (Lipinski definition) is 5. The van der Waals surface area contributed by atoms with E-state index in [1.54, 1.807) is 6.21 Å². The largest absolute Gasteiger partial charge is 0.375 e. The van der Waals surface area contributed by atoms with E-state index in [1.165, 1.54) is 11.3 Å². The van der Waals surface area contributed by atoms with Crippen LogP contribution in [0.4, 0.5) is 5.13 Å². The Hall–Kier alpha value is -1.73. The highest BCUT2D eigenvalue weighted by atomic mass is 32.1. The molecule has 0 aliphatic heterocycles. The first-order valence-corrected chi connectivity index (χ1v) is 5.62. The van der Waals surface area contributed by atoms with Crippen LogP contribution in [0, 0.1) is 0 Å². The summed E-state index contributed by atoms with van der Waals surface area (Å²) in [4.78, 5) is 4.16. The zero-order chi connectivity index (χ0) is 11.5. The number of hydrogen-bond donors (Lipinski definition) is 3. The molecule has 0 amide bonds. The summed E-state index contributed by atoms with van der Waals surface area (Å²) in [5, 5.41) is 4.57. The minimum atomic E-state index is 0.138. The van der Waals surface area contributed by atoms with Gasteiger partial charge >= 0.3 is 0 Å². The van der Waals surface area contributed by atoms with Crippen LogP contribution < -0.4 is 16.9 Å². The molecule has 0 saturated carbocycles. The zero-order valence-electron chi connectivity index (χ0n) is 8.18. The topological polar surface area (TPSA) is 89.3 Å². The third kappa shape index (κ3) is 2.44. The van der Waals surface area contributed by atoms with Gasteiger partial charge in [-0.05, 0) is 29.9 Å². The van der Waals surface area contributed by atoms with Crippen molar-refractivity contribution in [1.29, 1.82) is 0 Å². The van der Waals surface area contributed by atoms with Crippen LogP contribution in [0.15, 0.2) is 23.3 Å². The van der Waals surface area contributed by atoms with Crippen molar-refractivity contribution in [3.8, 4) is 0 Å². The SMILES string of the molecule is NC(=S)NN=Cc1ccc2nc(N)sc2c1. The highest BCUT2D eigenvalue weighted by Gasteiger charge is 2.00. The number of aromatic nitrogens is 1. The molecular weight excluding hydrogens is 242 g/mol. The van der Waals surface area contributed by atoms with Gasteiger partial charge in [-0.15, -0.1) is 0 Å². The Morgan fingerprint density at radius 2 is 2.38 bits per heavy atom. The minimum Gasteiger partial charge on any atom is -0.375 e. The number of thiocarbonyl (C=S) groups is 1. The number of nitrogens with two attached hydrogens (primary N) is 2. The van der Waals surface area contributed by atoms with Crippen molar-refractivity contribution < 1.29 is 0 Å². The summed E-state index contributed by atoms with van der Waals surface area (Å²) in [5.74, 6) is 0. The third-order valence-electron chi connectivity index (χ3n) is 1.82. The van der Waals surface area contributed by atoms with Gasteiger partial charge in [0, 0.05) is 0 Å². The number of thiazole rings is 1. The van der Waals surface area contributed by atoms with Crippen molar-refractivity contribution in [3.05, 3.63) is 23.8 Å². The summed E-state index contributed by atoms with van der Waals surface area (Å²) in [6.45, 7) is 0. The maximum Gasteiger partial charge on any atom is 0.184 e. The van der Waals surface area contributed by atoms with Gasteiger partial charge in [-0.1, -0.05) is 17.4 Å². The van der Waals surface area contributed by atoms with Gasteiger partial charge in [-0.3, -0.25) is 5.43 Å². The molecule has 1 heterocycles. The fourth-order valence-electron chi connectivity index (χ4n) is 1.21. The van der Waals surface area contributed by atoms with Crippen LogP contribution in [0.3, 0.4) is 0 Å². The molecule has 0 radical (unpaired) electrons. The van der Waals surface area contributed by atoms with Crippen LogP contribution >= 0.6 is 23.6 Å². The van der Waals surface area contributed by atoms with Gasteiger partial charge in [0.1, 0.15) is 0 Å². The van der Waals surface area contributed by atoms with Gasteiger partial charge in [-0.2, -0.15) is 5.10 Å². The first kappa shape index (κ1) is 10.8. The molecular formula is C9H9N5S2. The standard InChI is InChI=1S/C9H9N5S2/c10-8(15)14-12-4-5-1-2-6-7(3-5)16-9(11)13-6/h1-4H,(H2,11,13)(H3,10,14,15). The lowest BCUT2D eigenvalue weighted by Gasteiger charge is -1.94. The maximum atomic E-state index is 5.61. The van der Waals surface area contributed by atoms with E-state index in [0.29, 0.717) is 5.13 Å². The molecule has 0 unspecified atom stereocenters. The second-order valence-corrected chi connectivity index (χ2v) is 4.52. The summed E-state index contributed by atoms with van der Waals surface area (Å²) in [6, 6.07) is 5.74. The Morgan fingerprint density at radius 1 is 1.56 bits per heavy atom. The van der Waals surface area contributed by atoms with Crippen LogP contribution in [-0.2, 0) is 0 Å². The Morgan fingerprint density at radius 3 is 3.12 bits per heavy atom. The van der Waals surface area contributed by atoms with E-state index in [4.69, 9.17) is 11.5 Å². The molecule has 0 aliphatic carbocycles. The Labute approximate surface area is 101 Å². The second-order valence-electron chi connectivity index (χ2n) is 3.01. The van der Waals surface area contributed by atoms with Gasteiger partial charge in [0.15, 0.2) is 10.2 Å². The highest BCUT2D eigenvalue weighted by molar-refractivity contribution is 7.80. The first-order chi connectivity index (χ1) is 7.65. The smallest absolute Gasteiger partial charge is 0.184 e. The summed E-state index contributed by atoms with van der Waals surface area (Å²) >= 11 is 6.06. The fraction of sp³-hybridized carbons (Fsp3) is 0. The number of nitrogens with zero attached hydrogens (tertiary/aromatic N) is 2. The molecule has 2 rings (SSSR count). The van der Waals surface area contributed by atoms with E-state index in [1.807, 2.05) is 18.2 Å². The quantitative estimate of drug-likeness (QED) is 0.421. The Kier molecular flexibility index (Phi) is 2.97. The molecule has 0 spiro atoms. The molecule has 1 aromatic carbocycles. The molecule has 0 atom stereocenters. The van der Waals surface area contributed by atoms with Crippen molar-refractivity contribution in [1.82, 2.24) is 10.4 Å². The molecule has 5 N–H and O–H groups in total. The van der Waals surface area contributed by atoms with Gasteiger partial charge in [0.2, 0.25) is 0 Å². The highest BCUT2D eigenvalue weighted by Crippen LogP contribution is 2.23. The summed E-state index contributed by atoms with van der Waals surface area (Å²) < 4.78 is 1.02. The van der Waals surface area contributed by atoms with E-state index in [0.717, 1.165) is 15.8 Å². The maximum absolute atomic E-state index is 5.61. The number of benzene rings is 1. The lowest BCUT2D eigenvalue weighted by Crippen LogP contribution is -2.23. The van der Waals surface area contributed by atoms with E-state index in [9.17, 15) is 0 Å². The minimum absolute atomic E-state index is 0.138. The molecule has 7 heteroatoms. The molecule has 16 heavy (non-hydrogen) atoms. The number of hydrazone groups is 1. The average molecular weight is 251 g/mol. The number of nitrogen functional groups attached to an aromatic ring is 1.